The van der Waals surface area contributed by atoms with Crippen LogP contribution in [-0.4, -0.2) is 37.2 Å². The Kier molecular flexibility index (Phi) is 37.0. The van der Waals surface area contributed by atoms with E-state index in [0.717, 1.165) is 69.6 Å². The summed E-state index contributed by atoms with van der Waals surface area (Å²) in [7, 11) is 0. The van der Waals surface area contributed by atoms with Crippen molar-refractivity contribution in [2.75, 3.05) is 13.2 Å². The molecule has 0 saturated carbocycles. The van der Waals surface area contributed by atoms with Gasteiger partial charge < -0.3 is 14.2 Å². The normalized spacial score (nSPS) is 12.1. The van der Waals surface area contributed by atoms with Gasteiger partial charge in [-0.15, -0.1) is 0 Å². The molecule has 0 aliphatic carbocycles. The van der Waals surface area contributed by atoms with Gasteiger partial charge in [0.25, 0.3) is 0 Å². The van der Waals surface area contributed by atoms with Crippen molar-refractivity contribution >= 4 is 17.9 Å². The predicted octanol–water partition coefficient (Wildman–Crippen LogP) is 13.8. The van der Waals surface area contributed by atoms with Crippen LogP contribution in [0.3, 0.4) is 0 Å². The lowest BCUT2D eigenvalue weighted by Crippen LogP contribution is -2.30. The number of hydrogen-bond donors (Lipinski definition) is 0. The zero-order valence-electron chi connectivity index (χ0n) is 34.7. The smallest absolute Gasteiger partial charge is 0.306 e. The predicted molar refractivity (Wildman–Crippen MR) is 215 cm³/mol. The average Bonchev–Trinajstić information content (AvgIpc) is 3.09. The summed E-state index contributed by atoms with van der Waals surface area (Å²) < 4.78 is 16.7. The largest absolute Gasteiger partial charge is 0.462 e. The third-order valence-electron chi connectivity index (χ3n) is 9.97. The van der Waals surface area contributed by atoms with Crippen LogP contribution in [0.1, 0.15) is 240 Å². The van der Waals surface area contributed by atoms with E-state index >= 15 is 0 Å². The highest BCUT2D eigenvalue weighted by Gasteiger charge is 2.19. The minimum absolute atomic E-state index is 0.0656. The Hall–Kier alpha value is -1.59. The topological polar surface area (TPSA) is 78.9 Å². The van der Waals surface area contributed by atoms with Crippen molar-refractivity contribution < 1.29 is 28.6 Å². The zero-order valence-corrected chi connectivity index (χ0v) is 34.7. The highest BCUT2D eigenvalue weighted by atomic mass is 16.6. The fourth-order valence-corrected chi connectivity index (χ4v) is 6.58. The third kappa shape index (κ3) is 39.5. The molecular formula is C45H86O6. The molecule has 0 N–H and O–H groups in total. The molecule has 302 valence electrons. The van der Waals surface area contributed by atoms with Gasteiger partial charge >= 0.3 is 17.9 Å². The molecule has 0 fully saturated rings. The molecule has 6 heteroatoms. The zero-order chi connectivity index (χ0) is 37.6. The molecule has 0 amide bonds. The Labute approximate surface area is 317 Å². The maximum atomic E-state index is 12.7. The van der Waals surface area contributed by atoms with E-state index in [1.54, 1.807) is 0 Å². The summed E-state index contributed by atoms with van der Waals surface area (Å²) in [4.78, 5) is 37.6. The minimum atomic E-state index is -0.759. The van der Waals surface area contributed by atoms with E-state index in [2.05, 4.69) is 34.6 Å². The molecule has 0 spiro atoms. The molecular weight excluding hydrogens is 636 g/mol. The molecule has 0 rings (SSSR count). The first-order valence-electron chi connectivity index (χ1n) is 22.2. The molecule has 0 saturated heterocycles. The van der Waals surface area contributed by atoms with E-state index < -0.39 is 6.10 Å². The van der Waals surface area contributed by atoms with Crippen LogP contribution in [0.2, 0.25) is 0 Å². The van der Waals surface area contributed by atoms with Gasteiger partial charge in [-0.1, -0.05) is 202 Å². The average molecular weight is 723 g/mol. The highest BCUT2D eigenvalue weighted by molar-refractivity contribution is 5.71. The number of ether oxygens (including phenoxy) is 3. The number of carbonyl (C=O) groups excluding carboxylic acids is 3. The van der Waals surface area contributed by atoms with Crippen molar-refractivity contribution in [3.8, 4) is 0 Å². The van der Waals surface area contributed by atoms with Gasteiger partial charge in [-0.3, -0.25) is 14.4 Å². The lowest BCUT2D eigenvalue weighted by atomic mass is 10.0. The lowest BCUT2D eigenvalue weighted by Gasteiger charge is -2.18. The van der Waals surface area contributed by atoms with Crippen LogP contribution in [0, 0.1) is 11.8 Å². The Bertz CT molecular complexity index is 779. The van der Waals surface area contributed by atoms with Gasteiger partial charge in [-0.05, 0) is 31.1 Å². The van der Waals surface area contributed by atoms with Crippen molar-refractivity contribution in [1.29, 1.82) is 0 Å². The molecule has 51 heavy (non-hydrogen) atoms. The van der Waals surface area contributed by atoms with Crippen molar-refractivity contribution in [2.45, 2.75) is 246 Å². The number of esters is 3. The van der Waals surface area contributed by atoms with Crippen LogP contribution < -0.4 is 0 Å². The monoisotopic (exact) mass is 723 g/mol. The van der Waals surface area contributed by atoms with Gasteiger partial charge in [-0.25, -0.2) is 0 Å². The van der Waals surface area contributed by atoms with Crippen LogP contribution >= 0.6 is 0 Å². The summed E-state index contributed by atoms with van der Waals surface area (Å²) in [6.07, 6.45) is 35.2. The molecule has 0 aromatic heterocycles. The van der Waals surface area contributed by atoms with E-state index in [-0.39, 0.29) is 31.1 Å². The second kappa shape index (κ2) is 38.1. The number of rotatable bonds is 39. The summed E-state index contributed by atoms with van der Waals surface area (Å²) in [6.45, 7) is 11.3. The fraction of sp³-hybridized carbons (Fsp3) is 0.933. The first kappa shape index (κ1) is 49.4. The van der Waals surface area contributed by atoms with Crippen molar-refractivity contribution in [3.05, 3.63) is 0 Å². The number of carbonyl (C=O) groups is 3. The Morgan fingerprint density at radius 2 is 0.647 bits per heavy atom. The molecule has 0 aromatic carbocycles. The first-order chi connectivity index (χ1) is 24.7. The molecule has 0 heterocycles. The van der Waals surface area contributed by atoms with Crippen molar-refractivity contribution in [1.82, 2.24) is 0 Å². The minimum Gasteiger partial charge on any atom is -0.462 e. The Morgan fingerprint density at radius 1 is 0.373 bits per heavy atom. The molecule has 0 radical (unpaired) electrons. The maximum absolute atomic E-state index is 12.7. The third-order valence-corrected chi connectivity index (χ3v) is 9.97. The van der Waals surface area contributed by atoms with Crippen molar-refractivity contribution in [2.24, 2.45) is 11.8 Å². The standard InChI is InChI=1S/C45H86O6/c1-6-7-8-9-10-13-20-25-30-35-43(46)49-38-42(39-50-44(47)36-31-26-21-17-16-19-24-29-34-41(4)5)51-45(48)37-32-27-22-15-12-11-14-18-23-28-33-40(2)3/h40-42H,6-39H2,1-5H3/t42-/m1/s1. The summed E-state index contributed by atoms with van der Waals surface area (Å²) in [5.74, 6) is 0.750. The fourth-order valence-electron chi connectivity index (χ4n) is 6.58. The molecule has 0 aliphatic heterocycles. The quantitative estimate of drug-likeness (QED) is 0.0357. The molecule has 1 atom stereocenters. The van der Waals surface area contributed by atoms with Crippen molar-refractivity contribution in [3.63, 3.8) is 0 Å². The second-order valence-corrected chi connectivity index (χ2v) is 16.3. The van der Waals surface area contributed by atoms with E-state index in [9.17, 15) is 14.4 Å². The van der Waals surface area contributed by atoms with Gasteiger partial charge in [0.15, 0.2) is 6.10 Å². The van der Waals surface area contributed by atoms with E-state index in [0.29, 0.717) is 19.3 Å². The van der Waals surface area contributed by atoms with Crippen LogP contribution in [0.25, 0.3) is 0 Å². The van der Waals surface area contributed by atoms with Gasteiger partial charge in [0.1, 0.15) is 13.2 Å². The summed E-state index contributed by atoms with van der Waals surface area (Å²) in [6, 6.07) is 0. The van der Waals surface area contributed by atoms with E-state index in [1.165, 1.54) is 128 Å². The van der Waals surface area contributed by atoms with Gasteiger partial charge in [-0.2, -0.15) is 0 Å². The Morgan fingerprint density at radius 3 is 0.961 bits per heavy atom. The molecule has 0 bridgehead atoms. The van der Waals surface area contributed by atoms with E-state index in [4.69, 9.17) is 14.2 Å². The summed E-state index contributed by atoms with van der Waals surface area (Å²) in [5.41, 5.74) is 0. The van der Waals surface area contributed by atoms with Gasteiger partial charge in [0.05, 0.1) is 0 Å². The molecule has 0 unspecified atom stereocenters. The number of hydrogen-bond acceptors (Lipinski definition) is 6. The van der Waals surface area contributed by atoms with Crippen LogP contribution in [0.4, 0.5) is 0 Å². The SMILES string of the molecule is CCCCCCCCCCCC(=O)OC[C@H](COC(=O)CCCCCCCCCCC(C)C)OC(=O)CCCCCCCCCCCCC(C)C. The summed E-state index contributed by atoms with van der Waals surface area (Å²) >= 11 is 0. The molecule has 0 aromatic rings. The highest BCUT2D eigenvalue weighted by Crippen LogP contribution is 2.16. The van der Waals surface area contributed by atoms with Gasteiger partial charge in [0.2, 0.25) is 0 Å². The lowest BCUT2D eigenvalue weighted by molar-refractivity contribution is -0.167. The van der Waals surface area contributed by atoms with Crippen LogP contribution in [0.15, 0.2) is 0 Å². The van der Waals surface area contributed by atoms with Crippen LogP contribution in [0.5, 0.6) is 0 Å². The second-order valence-electron chi connectivity index (χ2n) is 16.3. The molecule has 0 aliphatic rings. The Balaban J connectivity index is 4.33. The van der Waals surface area contributed by atoms with Crippen LogP contribution in [-0.2, 0) is 28.6 Å². The number of unbranched alkanes of at least 4 members (excludes halogenated alkanes) is 24. The summed E-state index contributed by atoms with van der Waals surface area (Å²) in [5, 5.41) is 0. The maximum Gasteiger partial charge on any atom is 0.306 e. The molecule has 6 nitrogen and oxygen atoms in total. The van der Waals surface area contributed by atoms with Gasteiger partial charge in [0, 0.05) is 19.3 Å². The first-order valence-corrected chi connectivity index (χ1v) is 22.2. The van der Waals surface area contributed by atoms with E-state index in [1.807, 2.05) is 0 Å².